The van der Waals surface area contributed by atoms with Gasteiger partial charge < -0.3 is 5.32 Å². The molecule has 5 nitrogen and oxygen atoms in total. The van der Waals surface area contributed by atoms with Crippen molar-refractivity contribution in [1.29, 1.82) is 0 Å². The van der Waals surface area contributed by atoms with E-state index in [1.165, 1.54) is 23.5 Å². The number of hydrogen-bond donors (Lipinski definition) is 1. The van der Waals surface area contributed by atoms with Gasteiger partial charge in [0.05, 0.1) is 10.6 Å². The molecular formula is C28H26N2O3S. The summed E-state index contributed by atoms with van der Waals surface area (Å²) in [6.45, 7) is 1.94. The lowest BCUT2D eigenvalue weighted by atomic mass is 10.0. The Balaban J connectivity index is 1.57. The highest BCUT2D eigenvalue weighted by Crippen LogP contribution is 2.24. The predicted molar refractivity (Wildman–Crippen MR) is 137 cm³/mol. The Bertz CT molecular complexity index is 1400. The largest absolute Gasteiger partial charge is 0.322 e. The molecule has 0 aliphatic heterocycles. The van der Waals surface area contributed by atoms with Crippen molar-refractivity contribution in [3.05, 3.63) is 125 Å². The van der Waals surface area contributed by atoms with E-state index in [1.54, 1.807) is 24.3 Å². The number of benzene rings is 4. The van der Waals surface area contributed by atoms with E-state index < -0.39 is 10.0 Å². The number of aryl methyl sites for hydroxylation is 1. The molecule has 0 saturated heterocycles. The van der Waals surface area contributed by atoms with Gasteiger partial charge in [0, 0.05) is 18.3 Å². The molecule has 0 atom stereocenters. The third kappa shape index (κ3) is 5.18. The molecule has 172 valence electrons. The van der Waals surface area contributed by atoms with Crippen molar-refractivity contribution in [2.24, 2.45) is 0 Å². The second kappa shape index (κ2) is 9.93. The summed E-state index contributed by atoms with van der Waals surface area (Å²) in [4.78, 5) is 13.1. The van der Waals surface area contributed by atoms with E-state index in [1.807, 2.05) is 73.7 Å². The standard InChI is InChI=1S/C28H26N2O3S/c1-21-15-17-25(18-16-21)30(2)34(32,33)26-13-8-12-24(20-26)28(31)29-27-14-7-6-11-23(27)19-22-9-4-3-5-10-22/h3-18,20H,19H2,1-2H3,(H,29,31). The van der Waals surface area contributed by atoms with Crippen LogP contribution in [0.15, 0.2) is 108 Å². The molecule has 0 heterocycles. The molecule has 34 heavy (non-hydrogen) atoms. The van der Waals surface area contributed by atoms with Crippen LogP contribution in [0.5, 0.6) is 0 Å². The first-order chi connectivity index (χ1) is 16.3. The fraction of sp³-hybridized carbons (Fsp3) is 0.107. The molecule has 1 N–H and O–H groups in total. The van der Waals surface area contributed by atoms with Gasteiger partial charge in [-0.3, -0.25) is 9.10 Å². The summed E-state index contributed by atoms with van der Waals surface area (Å²) < 4.78 is 27.6. The molecule has 0 aliphatic rings. The topological polar surface area (TPSA) is 66.5 Å². The van der Waals surface area contributed by atoms with Crippen LogP contribution in [0.3, 0.4) is 0 Å². The Kier molecular flexibility index (Phi) is 6.80. The van der Waals surface area contributed by atoms with Crippen molar-refractivity contribution in [2.75, 3.05) is 16.7 Å². The van der Waals surface area contributed by atoms with Gasteiger partial charge in [0.1, 0.15) is 0 Å². The van der Waals surface area contributed by atoms with Crippen molar-refractivity contribution < 1.29 is 13.2 Å². The number of amides is 1. The van der Waals surface area contributed by atoms with Crippen LogP contribution in [0.1, 0.15) is 27.0 Å². The highest BCUT2D eigenvalue weighted by molar-refractivity contribution is 7.92. The Morgan fingerprint density at radius 2 is 1.50 bits per heavy atom. The number of para-hydroxylation sites is 1. The fourth-order valence-corrected chi connectivity index (χ4v) is 4.90. The van der Waals surface area contributed by atoms with Crippen molar-refractivity contribution >= 4 is 27.3 Å². The first-order valence-electron chi connectivity index (χ1n) is 10.9. The SMILES string of the molecule is Cc1ccc(N(C)S(=O)(=O)c2cccc(C(=O)Nc3ccccc3Cc3ccccc3)c2)cc1. The zero-order valence-corrected chi connectivity index (χ0v) is 19.9. The zero-order valence-electron chi connectivity index (χ0n) is 19.1. The Labute approximate surface area is 200 Å². The summed E-state index contributed by atoms with van der Waals surface area (Å²) in [6.07, 6.45) is 0.674. The highest BCUT2D eigenvalue weighted by atomic mass is 32.2. The van der Waals surface area contributed by atoms with Gasteiger partial charge in [-0.05, 0) is 60.9 Å². The molecule has 4 aromatic carbocycles. The van der Waals surface area contributed by atoms with Gasteiger partial charge in [0.15, 0.2) is 0 Å². The molecule has 0 aromatic heterocycles. The van der Waals surface area contributed by atoms with E-state index in [0.717, 1.165) is 16.7 Å². The van der Waals surface area contributed by atoms with E-state index in [9.17, 15) is 13.2 Å². The van der Waals surface area contributed by atoms with E-state index >= 15 is 0 Å². The molecule has 6 heteroatoms. The van der Waals surface area contributed by atoms with Crippen LogP contribution in [0.4, 0.5) is 11.4 Å². The summed E-state index contributed by atoms with van der Waals surface area (Å²) in [5, 5.41) is 2.95. The molecule has 1 amide bonds. The number of hydrogen-bond acceptors (Lipinski definition) is 3. The third-order valence-corrected chi connectivity index (χ3v) is 7.44. The Morgan fingerprint density at radius 3 is 2.24 bits per heavy atom. The monoisotopic (exact) mass is 470 g/mol. The summed E-state index contributed by atoms with van der Waals surface area (Å²) in [6, 6.07) is 31.0. The number of nitrogens with one attached hydrogen (secondary N) is 1. The summed E-state index contributed by atoms with van der Waals surface area (Å²) in [5.74, 6) is -0.365. The minimum absolute atomic E-state index is 0.0563. The van der Waals surface area contributed by atoms with Gasteiger partial charge in [-0.25, -0.2) is 8.42 Å². The number of anilines is 2. The molecule has 0 unspecified atom stereocenters. The molecule has 0 aliphatic carbocycles. The van der Waals surface area contributed by atoms with Crippen molar-refractivity contribution in [3.63, 3.8) is 0 Å². The van der Waals surface area contributed by atoms with Crippen molar-refractivity contribution in [3.8, 4) is 0 Å². The fourth-order valence-electron chi connectivity index (χ4n) is 3.66. The van der Waals surface area contributed by atoms with E-state index in [2.05, 4.69) is 5.32 Å². The number of sulfonamides is 1. The van der Waals surface area contributed by atoms with E-state index in [-0.39, 0.29) is 16.4 Å². The molecule has 0 spiro atoms. The van der Waals surface area contributed by atoms with Gasteiger partial charge in [0.25, 0.3) is 15.9 Å². The summed E-state index contributed by atoms with van der Waals surface area (Å²) in [7, 11) is -2.32. The third-order valence-electron chi connectivity index (χ3n) is 5.66. The van der Waals surface area contributed by atoms with Gasteiger partial charge in [-0.15, -0.1) is 0 Å². The van der Waals surface area contributed by atoms with Crippen LogP contribution in [0, 0.1) is 6.92 Å². The van der Waals surface area contributed by atoms with E-state index in [0.29, 0.717) is 17.8 Å². The lowest BCUT2D eigenvalue weighted by Crippen LogP contribution is -2.27. The van der Waals surface area contributed by atoms with Crippen LogP contribution in [0.2, 0.25) is 0 Å². The number of carbonyl (C=O) groups is 1. The average molecular weight is 471 g/mol. The molecule has 4 rings (SSSR count). The lowest BCUT2D eigenvalue weighted by Gasteiger charge is -2.20. The Hall–Kier alpha value is -3.90. The smallest absolute Gasteiger partial charge is 0.264 e. The molecule has 0 bridgehead atoms. The van der Waals surface area contributed by atoms with Gasteiger partial charge in [0.2, 0.25) is 0 Å². The number of rotatable bonds is 7. The molecule has 0 fully saturated rings. The minimum atomic E-state index is -3.83. The van der Waals surface area contributed by atoms with Crippen LogP contribution in [-0.2, 0) is 16.4 Å². The molecule has 4 aromatic rings. The molecule has 0 radical (unpaired) electrons. The maximum Gasteiger partial charge on any atom is 0.264 e. The quantitative estimate of drug-likeness (QED) is 0.379. The second-order valence-electron chi connectivity index (χ2n) is 8.11. The first kappa shape index (κ1) is 23.3. The van der Waals surface area contributed by atoms with Crippen LogP contribution in [0.25, 0.3) is 0 Å². The highest BCUT2D eigenvalue weighted by Gasteiger charge is 2.22. The summed E-state index contributed by atoms with van der Waals surface area (Å²) >= 11 is 0. The Morgan fingerprint density at radius 1 is 0.824 bits per heavy atom. The van der Waals surface area contributed by atoms with Crippen LogP contribution in [-0.4, -0.2) is 21.4 Å². The van der Waals surface area contributed by atoms with E-state index in [4.69, 9.17) is 0 Å². The number of nitrogens with zero attached hydrogens (tertiary/aromatic N) is 1. The number of carbonyl (C=O) groups excluding carboxylic acids is 1. The normalized spacial score (nSPS) is 11.1. The van der Waals surface area contributed by atoms with Crippen LogP contribution >= 0.6 is 0 Å². The van der Waals surface area contributed by atoms with Crippen LogP contribution < -0.4 is 9.62 Å². The minimum Gasteiger partial charge on any atom is -0.322 e. The van der Waals surface area contributed by atoms with Gasteiger partial charge >= 0.3 is 0 Å². The van der Waals surface area contributed by atoms with Crippen molar-refractivity contribution in [2.45, 2.75) is 18.2 Å². The maximum atomic E-state index is 13.2. The zero-order chi connectivity index (χ0) is 24.1. The average Bonchev–Trinajstić information content (AvgIpc) is 2.86. The van der Waals surface area contributed by atoms with Crippen molar-refractivity contribution in [1.82, 2.24) is 0 Å². The lowest BCUT2D eigenvalue weighted by molar-refractivity contribution is 0.102. The predicted octanol–water partition coefficient (Wildman–Crippen LogP) is 5.66. The van der Waals surface area contributed by atoms with Gasteiger partial charge in [-0.1, -0.05) is 72.3 Å². The first-order valence-corrected chi connectivity index (χ1v) is 12.4. The second-order valence-corrected chi connectivity index (χ2v) is 10.1. The molecule has 0 saturated carbocycles. The molecular weight excluding hydrogens is 444 g/mol. The maximum absolute atomic E-state index is 13.2. The van der Waals surface area contributed by atoms with Gasteiger partial charge in [-0.2, -0.15) is 0 Å². The summed E-state index contributed by atoms with van der Waals surface area (Å²) in [5.41, 5.74) is 4.67.